The zero-order valence-corrected chi connectivity index (χ0v) is 11.7. The van der Waals surface area contributed by atoms with Gasteiger partial charge >= 0.3 is 0 Å². The molecule has 100 valence electrons. The third kappa shape index (κ3) is 3.18. The normalized spacial score (nSPS) is 14.3. The molecule has 0 spiro atoms. The Morgan fingerprint density at radius 1 is 1.47 bits per heavy atom. The Kier molecular flexibility index (Phi) is 4.28. The highest BCUT2D eigenvalue weighted by Crippen LogP contribution is 2.23. The molecule has 1 fully saturated rings. The molecule has 4 nitrogen and oxygen atoms in total. The van der Waals surface area contributed by atoms with Gasteiger partial charge in [-0.15, -0.1) is 0 Å². The molecule has 2 rings (SSSR count). The van der Waals surface area contributed by atoms with E-state index >= 15 is 0 Å². The number of hydrogen-bond acceptors (Lipinski definition) is 3. The van der Waals surface area contributed by atoms with Gasteiger partial charge in [0.15, 0.2) is 0 Å². The summed E-state index contributed by atoms with van der Waals surface area (Å²) in [4.78, 5) is 15.7. The van der Waals surface area contributed by atoms with Crippen LogP contribution in [0.2, 0.25) is 5.02 Å². The molecule has 19 heavy (non-hydrogen) atoms. The van der Waals surface area contributed by atoms with Crippen molar-refractivity contribution in [3.63, 3.8) is 0 Å². The van der Waals surface area contributed by atoms with Crippen molar-refractivity contribution in [3.8, 4) is 6.07 Å². The van der Waals surface area contributed by atoms with Crippen molar-refractivity contribution in [1.82, 2.24) is 4.90 Å². The summed E-state index contributed by atoms with van der Waals surface area (Å²) in [7, 11) is 1.82. The standard InChI is InChI=1S/C14H16ClN3O/c1-17(10-14(19)18-6-2-3-7-18)13-5-4-12(15)8-11(13)9-16/h4-5,8H,2-3,6-7,10H2,1H3. The van der Waals surface area contributed by atoms with E-state index in [9.17, 15) is 4.79 Å². The fraction of sp³-hybridized carbons (Fsp3) is 0.429. The molecule has 0 unspecified atom stereocenters. The minimum atomic E-state index is 0.110. The summed E-state index contributed by atoms with van der Waals surface area (Å²) in [5.74, 6) is 0.110. The third-order valence-electron chi connectivity index (χ3n) is 3.32. The van der Waals surface area contributed by atoms with Gasteiger partial charge in [-0.2, -0.15) is 5.26 Å². The number of halogens is 1. The summed E-state index contributed by atoms with van der Waals surface area (Å²) in [6.07, 6.45) is 2.17. The summed E-state index contributed by atoms with van der Waals surface area (Å²) in [5, 5.41) is 9.63. The van der Waals surface area contributed by atoms with Crippen LogP contribution in [-0.4, -0.2) is 37.5 Å². The van der Waals surface area contributed by atoms with Gasteiger partial charge < -0.3 is 9.80 Å². The van der Waals surface area contributed by atoms with Crippen LogP contribution in [0.1, 0.15) is 18.4 Å². The highest BCUT2D eigenvalue weighted by Gasteiger charge is 2.20. The number of nitriles is 1. The largest absolute Gasteiger partial charge is 0.364 e. The first-order chi connectivity index (χ1) is 9.11. The number of nitrogens with zero attached hydrogens (tertiary/aromatic N) is 3. The van der Waals surface area contributed by atoms with Crippen LogP contribution >= 0.6 is 11.6 Å². The number of likely N-dealkylation sites (tertiary alicyclic amines) is 1. The lowest BCUT2D eigenvalue weighted by Gasteiger charge is -2.23. The Morgan fingerprint density at radius 2 is 2.16 bits per heavy atom. The van der Waals surface area contributed by atoms with Crippen LogP contribution in [-0.2, 0) is 4.79 Å². The van der Waals surface area contributed by atoms with E-state index in [1.54, 1.807) is 23.1 Å². The Morgan fingerprint density at radius 3 is 2.79 bits per heavy atom. The SMILES string of the molecule is CN(CC(=O)N1CCCC1)c1ccc(Cl)cc1C#N. The van der Waals surface area contributed by atoms with Gasteiger partial charge in [-0.05, 0) is 31.0 Å². The molecular weight excluding hydrogens is 262 g/mol. The van der Waals surface area contributed by atoms with Crippen LogP contribution < -0.4 is 4.90 Å². The van der Waals surface area contributed by atoms with Crippen LogP contribution in [0.3, 0.4) is 0 Å². The first-order valence-corrected chi connectivity index (χ1v) is 6.68. The molecule has 1 saturated heterocycles. The lowest BCUT2D eigenvalue weighted by atomic mass is 10.2. The molecule has 0 bridgehead atoms. The second-order valence-electron chi connectivity index (χ2n) is 4.72. The Labute approximate surface area is 118 Å². The number of amides is 1. The molecule has 1 aliphatic heterocycles. The Hall–Kier alpha value is -1.73. The Bertz CT molecular complexity index is 518. The highest BCUT2D eigenvalue weighted by molar-refractivity contribution is 6.30. The van der Waals surface area contributed by atoms with Crippen molar-refractivity contribution < 1.29 is 4.79 Å². The van der Waals surface area contributed by atoms with Crippen LogP contribution in [0.5, 0.6) is 0 Å². The van der Waals surface area contributed by atoms with Crippen LogP contribution in [0, 0.1) is 11.3 Å². The van der Waals surface area contributed by atoms with E-state index in [1.165, 1.54) is 0 Å². The molecule has 1 heterocycles. The average molecular weight is 278 g/mol. The summed E-state index contributed by atoms with van der Waals surface area (Å²) < 4.78 is 0. The number of anilines is 1. The summed E-state index contributed by atoms with van der Waals surface area (Å²) in [6, 6.07) is 7.23. The molecule has 0 N–H and O–H groups in total. The van der Waals surface area contributed by atoms with Gasteiger partial charge in [0.05, 0.1) is 17.8 Å². The van der Waals surface area contributed by atoms with Crippen LogP contribution in [0.25, 0.3) is 0 Å². The second-order valence-corrected chi connectivity index (χ2v) is 5.15. The quantitative estimate of drug-likeness (QED) is 0.851. The number of carbonyl (C=O) groups is 1. The van der Waals surface area contributed by atoms with Gasteiger partial charge in [0.25, 0.3) is 0 Å². The molecule has 1 aliphatic rings. The monoisotopic (exact) mass is 277 g/mol. The maximum Gasteiger partial charge on any atom is 0.242 e. The fourth-order valence-electron chi connectivity index (χ4n) is 2.29. The van der Waals surface area contributed by atoms with Crippen molar-refractivity contribution >= 4 is 23.2 Å². The smallest absolute Gasteiger partial charge is 0.242 e. The summed E-state index contributed by atoms with van der Waals surface area (Å²) in [6.45, 7) is 1.98. The molecule has 5 heteroatoms. The predicted octanol–water partition coefficient (Wildman–Crippen LogP) is 2.27. The first kappa shape index (κ1) is 13.7. The summed E-state index contributed by atoms with van der Waals surface area (Å²) in [5.41, 5.74) is 1.23. The molecule has 0 saturated carbocycles. The van der Waals surface area contributed by atoms with Gasteiger partial charge in [-0.25, -0.2) is 0 Å². The van der Waals surface area contributed by atoms with Gasteiger partial charge in [0, 0.05) is 25.2 Å². The maximum atomic E-state index is 12.1. The third-order valence-corrected chi connectivity index (χ3v) is 3.56. The number of rotatable bonds is 3. The minimum Gasteiger partial charge on any atom is -0.364 e. The molecule has 1 amide bonds. The summed E-state index contributed by atoms with van der Waals surface area (Å²) >= 11 is 5.86. The van der Waals surface area contributed by atoms with E-state index in [-0.39, 0.29) is 12.5 Å². The topological polar surface area (TPSA) is 47.3 Å². The van der Waals surface area contributed by atoms with Crippen molar-refractivity contribution in [2.45, 2.75) is 12.8 Å². The fourth-order valence-corrected chi connectivity index (χ4v) is 2.46. The molecule has 0 aliphatic carbocycles. The Balaban J connectivity index is 2.09. The molecule has 0 radical (unpaired) electrons. The van der Waals surface area contributed by atoms with Crippen LogP contribution in [0.4, 0.5) is 5.69 Å². The average Bonchev–Trinajstić information content (AvgIpc) is 2.92. The van der Waals surface area contributed by atoms with Crippen molar-refractivity contribution in [1.29, 1.82) is 5.26 Å². The number of hydrogen-bond donors (Lipinski definition) is 0. The highest BCUT2D eigenvalue weighted by atomic mass is 35.5. The van der Waals surface area contributed by atoms with Gasteiger partial charge in [0.2, 0.25) is 5.91 Å². The second kappa shape index (κ2) is 5.94. The van der Waals surface area contributed by atoms with E-state index in [1.807, 2.05) is 11.9 Å². The first-order valence-electron chi connectivity index (χ1n) is 6.30. The molecule has 0 aromatic heterocycles. The minimum absolute atomic E-state index is 0.110. The van der Waals surface area contributed by atoms with E-state index in [2.05, 4.69) is 6.07 Å². The van der Waals surface area contributed by atoms with E-state index < -0.39 is 0 Å². The number of benzene rings is 1. The van der Waals surface area contributed by atoms with Crippen molar-refractivity contribution in [2.75, 3.05) is 31.6 Å². The van der Waals surface area contributed by atoms with Crippen LogP contribution in [0.15, 0.2) is 18.2 Å². The van der Waals surface area contributed by atoms with E-state index in [0.29, 0.717) is 10.6 Å². The molecule has 1 aromatic rings. The number of likely N-dealkylation sites (N-methyl/N-ethyl adjacent to an activating group) is 1. The number of carbonyl (C=O) groups excluding carboxylic acids is 1. The zero-order valence-electron chi connectivity index (χ0n) is 10.9. The predicted molar refractivity (Wildman–Crippen MR) is 75.3 cm³/mol. The lowest BCUT2D eigenvalue weighted by Crippen LogP contribution is -2.37. The van der Waals surface area contributed by atoms with Gasteiger partial charge in [-0.3, -0.25) is 4.79 Å². The van der Waals surface area contributed by atoms with Crippen molar-refractivity contribution in [3.05, 3.63) is 28.8 Å². The van der Waals surface area contributed by atoms with Gasteiger partial charge in [-0.1, -0.05) is 11.6 Å². The lowest BCUT2D eigenvalue weighted by molar-refractivity contribution is -0.128. The molecular formula is C14H16ClN3O. The molecule has 1 aromatic carbocycles. The molecule has 0 atom stereocenters. The maximum absolute atomic E-state index is 12.1. The van der Waals surface area contributed by atoms with E-state index in [4.69, 9.17) is 16.9 Å². The van der Waals surface area contributed by atoms with Gasteiger partial charge in [0.1, 0.15) is 6.07 Å². The zero-order chi connectivity index (χ0) is 13.8. The van der Waals surface area contributed by atoms with Crippen molar-refractivity contribution in [2.24, 2.45) is 0 Å². The van der Waals surface area contributed by atoms with E-state index in [0.717, 1.165) is 31.6 Å².